The van der Waals surface area contributed by atoms with E-state index in [1.165, 1.54) is 5.69 Å². The smallest absolute Gasteiger partial charge is 0.142 e. The zero-order valence-corrected chi connectivity index (χ0v) is 11.6. The fourth-order valence-electron chi connectivity index (χ4n) is 2.62. The first-order valence-electron chi connectivity index (χ1n) is 6.79. The topological polar surface area (TPSA) is 24.5 Å². The van der Waals surface area contributed by atoms with Gasteiger partial charge in [-0.05, 0) is 37.1 Å². The van der Waals surface area contributed by atoms with Gasteiger partial charge in [-0.2, -0.15) is 0 Å². The summed E-state index contributed by atoms with van der Waals surface area (Å²) in [6, 6.07) is 8.32. The van der Waals surface area contributed by atoms with Gasteiger partial charge in [-0.3, -0.25) is 0 Å². The molecule has 0 amide bonds. The van der Waals surface area contributed by atoms with Crippen molar-refractivity contribution >= 4 is 5.69 Å². The Kier molecular flexibility index (Phi) is 4.48. The van der Waals surface area contributed by atoms with E-state index in [4.69, 9.17) is 4.74 Å². The fraction of sp³-hybridized carbons (Fsp3) is 0.600. The SMILES string of the molecule is COc1ccccc1N1CC(C)CNCC(C)C1. The lowest BCUT2D eigenvalue weighted by Gasteiger charge is -2.34. The van der Waals surface area contributed by atoms with Crippen LogP contribution >= 0.6 is 0 Å². The van der Waals surface area contributed by atoms with Crippen molar-refractivity contribution < 1.29 is 4.74 Å². The Morgan fingerprint density at radius 1 is 1.11 bits per heavy atom. The van der Waals surface area contributed by atoms with Gasteiger partial charge in [0.15, 0.2) is 0 Å². The summed E-state index contributed by atoms with van der Waals surface area (Å²) in [6.45, 7) is 8.94. The lowest BCUT2D eigenvalue weighted by Crippen LogP contribution is -2.42. The maximum atomic E-state index is 5.48. The summed E-state index contributed by atoms with van der Waals surface area (Å²) < 4.78 is 5.48. The molecule has 0 bridgehead atoms. The molecule has 2 unspecified atom stereocenters. The first-order valence-corrected chi connectivity index (χ1v) is 6.79. The number of rotatable bonds is 2. The zero-order chi connectivity index (χ0) is 13.0. The number of benzene rings is 1. The van der Waals surface area contributed by atoms with Gasteiger partial charge in [-0.1, -0.05) is 26.0 Å². The molecule has 2 rings (SSSR count). The second-order valence-electron chi connectivity index (χ2n) is 5.45. The van der Waals surface area contributed by atoms with E-state index in [0.29, 0.717) is 11.8 Å². The van der Waals surface area contributed by atoms with Crippen molar-refractivity contribution in [1.29, 1.82) is 0 Å². The predicted octanol–water partition coefficient (Wildman–Crippen LogP) is 2.38. The molecule has 0 radical (unpaired) electrons. The van der Waals surface area contributed by atoms with Gasteiger partial charge < -0.3 is 15.0 Å². The molecule has 1 saturated heterocycles. The molecule has 100 valence electrons. The normalized spacial score (nSPS) is 25.4. The lowest BCUT2D eigenvalue weighted by atomic mass is 10.0. The van der Waals surface area contributed by atoms with Crippen LogP contribution in [-0.4, -0.2) is 33.3 Å². The first-order chi connectivity index (χ1) is 8.70. The maximum absolute atomic E-state index is 5.48. The Hall–Kier alpha value is -1.22. The molecule has 18 heavy (non-hydrogen) atoms. The summed E-state index contributed by atoms with van der Waals surface area (Å²) in [5, 5.41) is 3.53. The number of ether oxygens (including phenoxy) is 1. The third-order valence-corrected chi connectivity index (χ3v) is 3.48. The van der Waals surface area contributed by atoms with Crippen LogP contribution in [0, 0.1) is 11.8 Å². The molecule has 1 aliphatic heterocycles. The third-order valence-electron chi connectivity index (χ3n) is 3.48. The minimum atomic E-state index is 0.655. The number of hydrogen-bond donors (Lipinski definition) is 1. The molecule has 1 N–H and O–H groups in total. The highest BCUT2D eigenvalue weighted by Gasteiger charge is 2.19. The molecular formula is C15H24N2O. The van der Waals surface area contributed by atoms with Crippen LogP contribution in [0.4, 0.5) is 5.69 Å². The van der Waals surface area contributed by atoms with Crippen LogP contribution in [-0.2, 0) is 0 Å². The molecule has 1 aromatic rings. The molecule has 1 aromatic carbocycles. The molecular weight excluding hydrogens is 224 g/mol. The second kappa shape index (κ2) is 6.10. The second-order valence-corrected chi connectivity index (χ2v) is 5.45. The summed E-state index contributed by atoms with van der Waals surface area (Å²) in [4.78, 5) is 2.47. The third kappa shape index (κ3) is 3.16. The lowest BCUT2D eigenvalue weighted by molar-refractivity contribution is 0.394. The van der Waals surface area contributed by atoms with Crippen molar-refractivity contribution in [2.45, 2.75) is 13.8 Å². The summed E-state index contributed by atoms with van der Waals surface area (Å²) in [5.74, 6) is 2.29. The van der Waals surface area contributed by atoms with Crippen LogP contribution < -0.4 is 15.0 Å². The van der Waals surface area contributed by atoms with Gasteiger partial charge in [0.1, 0.15) is 5.75 Å². The van der Waals surface area contributed by atoms with Crippen molar-refractivity contribution in [2.75, 3.05) is 38.2 Å². The molecule has 1 aliphatic rings. The molecule has 0 aromatic heterocycles. The highest BCUT2D eigenvalue weighted by molar-refractivity contribution is 5.58. The zero-order valence-electron chi connectivity index (χ0n) is 11.6. The quantitative estimate of drug-likeness (QED) is 0.869. The standard InChI is InChI=1S/C15H24N2O/c1-12-8-16-9-13(2)11-17(10-12)14-6-4-5-7-15(14)18-3/h4-7,12-13,16H,8-11H2,1-3H3. The van der Waals surface area contributed by atoms with E-state index in [1.54, 1.807) is 7.11 Å². The number of nitrogens with one attached hydrogen (secondary N) is 1. The minimum absolute atomic E-state index is 0.655. The molecule has 1 fully saturated rings. The molecule has 0 spiro atoms. The van der Waals surface area contributed by atoms with Crippen LogP contribution in [0.2, 0.25) is 0 Å². The first kappa shape index (κ1) is 13.2. The van der Waals surface area contributed by atoms with Gasteiger partial charge in [-0.15, -0.1) is 0 Å². The van der Waals surface area contributed by atoms with Crippen LogP contribution in [0.1, 0.15) is 13.8 Å². The Balaban J connectivity index is 2.21. The van der Waals surface area contributed by atoms with E-state index in [1.807, 2.05) is 12.1 Å². The molecule has 0 saturated carbocycles. The molecule has 1 heterocycles. The van der Waals surface area contributed by atoms with Crippen LogP contribution in [0.15, 0.2) is 24.3 Å². The summed E-state index contributed by atoms with van der Waals surface area (Å²) in [5.41, 5.74) is 1.22. The summed E-state index contributed by atoms with van der Waals surface area (Å²) >= 11 is 0. The summed E-state index contributed by atoms with van der Waals surface area (Å²) in [7, 11) is 1.75. The van der Waals surface area contributed by atoms with Gasteiger partial charge in [-0.25, -0.2) is 0 Å². The van der Waals surface area contributed by atoms with Crippen LogP contribution in [0.3, 0.4) is 0 Å². The van der Waals surface area contributed by atoms with Crippen molar-refractivity contribution in [3.63, 3.8) is 0 Å². The predicted molar refractivity (Wildman–Crippen MR) is 76.4 cm³/mol. The van der Waals surface area contributed by atoms with Crippen LogP contribution in [0.25, 0.3) is 0 Å². The number of anilines is 1. The van der Waals surface area contributed by atoms with E-state index < -0.39 is 0 Å². The fourth-order valence-corrected chi connectivity index (χ4v) is 2.62. The molecule has 3 nitrogen and oxygen atoms in total. The highest BCUT2D eigenvalue weighted by Crippen LogP contribution is 2.29. The van der Waals surface area contributed by atoms with E-state index in [2.05, 4.69) is 36.2 Å². The Morgan fingerprint density at radius 2 is 1.72 bits per heavy atom. The van der Waals surface area contributed by atoms with Gasteiger partial charge in [0.2, 0.25) is 0 Å². The molecule has 3 heteroatoms. The number of hydrogen-bond acceptors (Lipinski definition) is 3. The van der Waals surface area contributed by atoms with Crippen LogP contribution in [0.5, 0.6) is 5.75 Å². The minimum Gasteiger partial charge on any atom is -0.495 e. The van der Waals surface area contributed by atoms with Gasteiger partial charge >= 0.3 is 0 Å². The van der Waals surface area contributed by atoms with Crippen molar-refractivity contribution in [1.82, 2.24) is 5.32 Å². The monoisotopic (exact) mass is 248 g/mol. The van der Waals surface area contributed by atoms with Crippen molar-refractivity contribution in [3.8, 4) is 5.75 Å². The van der Waals surface area contributed by atoms with Gasteiger partial charge in [0.25, 0.3) is 0 Å². The van der Waals surface area contributed by atoms with Gasteiger partial charge in [0, 0.05) is 13.1 Å². The van der Waals surface area contributed by atoms with Crippen molar-refractivity contribution in [2.24, 2.45) is 11.8 Å². The molecule has 2 atom stereocenters. The Labute approximate surface area is 110 Å². The number of para-hydroxylation sites is 2. The largest absolute Gasteiger partial charge is 0.495 e. The van der Waals surface area contributed by atoms with Gasteiger partial charge in [0.05, 0.1) is 12.8 Å². The Bertz CT molecular complexity index is 369. The average Bonchev–Trinajstić information content (AvgIpc) is 2.36. The number of methoxy groups -OCH3 is 1. The van der Waals surface area contributed by atoms with E-state index in [-0.39, 0.29) is 0 Å². The van der Waals surface area contributed by atoms with Crippen molar-refractivity contribution in [3.05, 3.63) is 24.3 Å². The van der Waals surface area contributed by atoms with E-state index in [0.717, 1.165) is 31.9 Å². The molecule has 0 aliphatic carbocycles. The average molecular weight is 248 g/mol. The van der Waals surface area contributed by atoms with E-state index >= 15 is 0 Å². The number of nitrogens with zero attached hydrogens (tertiary/aromatic N) is 1. The maximum Gasteiger partial charge on any atom is 0.142 e. The highest BCUT2D eigenvalue weighted by atomic mass is 16.5. The Morgan fingerprint density at radius 3 is 2.33 bits per heavy atom. The summed E-state index contributed by atoms with van der Waals surface area (Å²) in [6.07, 6.45) is 0. The van der Waals surface area contributed by atoms with E-state index in [9.17, 15) is 0 Å².